The number of carbonyl (C=O) groups excluding carboxylic acids is 1. The van der Waals surface area contributed by atoms with Crippen molar-refractivity contribution in [1.29, 1.82) is 0 Å². The molecule has 0 amide bonds. The van der Waals surface area contributed by atoms with E-state index in [9.17, 15) is 9.59 Å². The number of rotatable bonds is 7. The van der Waals surface area contributed by atoms with Crippen molar-refractivity contribution >= 4 is 11.8 Å². The van der Waals surface area contributed by atoms with Gasteiger partial charge in [0.2, 0.25) is 0 Å². The fourth-order valence-corrected chi connectivity index (χ4v) is 1.39. The Morgan fingerprint density at radius 2 is 1.47 bits per heavy atom. The molecule has 0 saturated carbocycles. The van der Waals surface area contributed by atoms with Gasteiger partial charge in [-0.2, -0.15) is 0 Å². The predicted octanol–water partition coefficient (Wildman–Crippen LogP) is 3.66. The van der Waals surface area contributed by atoms with Gasteiger partial charge in [-0.25, -0.2) is 0 Å². The van der Waals surface area contributed by atoms with Crippen LogP contribution in [0.4, 0.5) is 0 Å². The monoisotopic (exact) mass is 242 g/mol. The van der Waals surface area contributed by atoms with Gasteiger partial charge in [0.1, 0.15) is 5.78 Å². The van der Waals surface area contributed by atoms with E-state index in [4.69, 9.17) is 5.11 Å². The van der Waals surface area contributed by atoms with Gasteiger partial charge in [0.15, 0.2) is 0 Å². The van der Waals surface area contributed by atoms with Gasteiger partial charge in [0, 0.05) is 19.3 Å². The number of ketones is 1. The van der Waals surface area contributed by atoms with Crippen LogP contribution in [0.5, 0.6) is 0 Å². The van der Waals surface area contributed by atoms with Crippen LogP contribution < -0.4 is 0 Å². The zero-order valence-electron chi connectivity index (χ0n) is 11.8. The highest BCUT2D eigenvalue weighted by atomic mass is 16.4. The van der Waals surface area contributed by atoms with Crippen LogP contribution in [0.1, 0.15) is 66.7 Å². The van der Waals surface area contributed by atoms with Gasteiger partial charge in [-0.05, 0) is 23.7 Å². The summed E-state index contributed by atoms with van der Waals surface area (Å²) in [5.41, 5.74) is 0.295. The highest BCUT2D eigenvalue weighted by Gasteiger charge is 2.32. The number of hydrogen-bond donors (Lipinski definition) is 1. The Kier molecular flexibility index (Phi) is 5.86. The lowest BCUT2D eigenvalue weighted by Gasteiger charge is -2.39. The second-order valence-electron chi connectivity index (χ2n) is 6.42. The normalized spacial score (nSPS) is 12.5. The molecule has 3 nitrogen and oxygen atoms in total. The molecule has 0 unspecified atom stereocenters. The molecule has 3 heteroatoms. The van der Waals surface area contributed by atoms with Gasteiger partial charge in [0.25, 0.3) is 0 Å². The fourth-order valence-electron chi connectivity index (χ4n) is 1.39. The van der Waals surface area contributed by atoms with E-state index in [1.807, 2.05) is 0 Å². The molecular formula is C14H26O3. The standard InChI is InChI=1S/C14H26O3/c1-13(2,3)14(4,5)10-9-11(15)7-6-8-12(16)17/h6-10H2,1-5H3,(H,16,17). The molecule has 0 atom stereocenters. The Labute approximate surface area is 105 Å². The molecular weight excluding hydrogens is 216 g/mol. The van der Waals surface area contributed by atoms with E-state index in [0.29, 0.717) is 19.3 Å². The van der Waals surface area contributed by atoms with Crippen molar-refractivity contribution in [3.05, 3.63) is 0 Å². The van der Waals surface area contributed by atoms with Gasteiger partial charge < -0.3 is 5.11 Å². The number of Topliss-reactive ketones (excluding diaryl/α,β-unsaturated/α-hetero) is 1. The highest BCUT2D eigenvalue weighted by Crippen LogP contribution is 2.41. The largest absolute Gasteiger partial charge is 0.481 e. The zero-order valence-corrected chi connectivity index (χ0v) is 11.8. The van der Waals surface area contributed by atoms with E-state index >= 15 is 0 Å². The fraction of sp³-hybridized carbons (Fsp3) is 0.857. The van der Waals surface area contributed by atoms with E-state index in [1.165, 1.54) is 0 Å². The van der Waals surface area contributed by atoms with Crippen molar-refractivity contribution in [2.45, 2.75) is 66.7 Å². The third-order valence-electron chi connectivity index (χ3n) is 3.91. The van der Waals surface area contributed by atoms with Crippen LogP contribution in [0.15, 0.2) is 0 Å². The van der Waals surface area contributed by atoms with Crippen LogP contribution >= 0.6 is 0 Å². The smallest absolute Gasteiger partial charge is 0.303 e. The molecule has 0 spiro atoms. The lowest BCUT2D eigenvalue weighted by atomic mass is 9.66. The van der Waals surface area contributed by atoms with Gasteiger partial charge in [0.05, 0.1) is 0 Å². The van der Waals surface area contributed by atoms with Crippen LogP contribution in [-0.4, -0.2) is 16.9 Å². The minimum absolute atomic E-state index is 0.0917. The number of carbonyl (C=O) groups is 2. The van der Waals surface area contributed by atoms with Crippen LogP contribution in [0.25, 0.3) is 0 Å². The minimum atomic E-state index is -0.826. The van der Waals surface area contributed by atoms with Crippen molar-refractivity contribution < 1.29 is 14.7 Å². The Balaban J connectivity index is 3.96. The van der Waals surface area contributed by atoms with E-state index < -0.39 is 5.97 Å². The Morgan fingerprint density at radius 3 is 1.88 bits per heavy atom. The molecule has 0 heterocycles. The highest BCUT2D eigenvalue weighted by molar-refractivity contribution is 5.79. The molecule has 0 aliphatic rings. The average molecular weight is 242 g/mol. The summed E-state index contributed by atoms with van der Waals surface area (Å²) in [7, 11) is 0. The van der Waals surface area contributed by atoms with Crippen LogP contribution in [0, 0.1) is 10.8 Å². The molecule has 1 N–H and O–H groups in total. The van der Waals surface area contributed by atoms with Crippen molar-refractivity contribution in [1.82, 2.24) is 0 Å². The summed E-state index contributed by atoms with van der Waals surface area (Å²) in [5.74, 6) is -0.642. The van der Waals surface area contributed by atoms with E-state index in [0.717, 1.165) is 6.42 Å². The summed E-state index contributed by atoms with van der Waals surface area (Å²) >= 11 is 0. The molecule has 0 aromatic carbocycles. The van der Waals surface area contributed by atoms with Gasteiger partial charge in [-0.1, -0.05) is 34.6 Å². The quantitative estimate of drug-likeness (QED) is 0.741. The average Bonchev–Trinajstić information content (AvgIpc) is 2.12. The molecule has 0 aromatic heterocycles. The topological polar surface area (TPSA) is 54.4 Å². The van der Waals surface area contributed by atoms with Crippen LogP contribution in [-0.2, 0) is 9.59 Å². The number of hydrogen-bond acceptors (Lipinski definition) is 2. The first-order chi connectivity index (χ1) is 7.56. The first-order valence-electron chi connectivity index (χ1n) is 6.30. The Bertz CT molecular complexity index is 272. The maximum Gasteiger partial charge on any atom is 0.303 e. The molecule has 0 aliphatic carbocycles. The Morgan fingerprint density at radius 1 is 0.941 bits per heavy atom. The molecule has 0 bridgehead atoms. The summed E-state index contributed by atoms with van der Waals surface area (Å²) in [5, 5.41) is 8.48. The summed E-state index contributed by atoms with van der Waals surface area (Å²) in [6.07, 6.45) is 2.37. The molecule has 0 aliphatic heterocycles. The van der Waals surface area contributed by atoms with E-state index in [2.05, 4.69) is 34.6 Å². The second kappa shape index (κ2) is 6.18. The first kappa shape index (κ1) is 16.1. The maximum absolute atomic E-state index is 11.6. The molecule has 0 rings (SSSR count). The summed E-state index contributed by atoms with van der Waals surface area (Å²) in [4.78, 5) is 21.9. The summed E-state index contributed by atoms with van der Waals surface area (Å²) < 4.78 is 0. The van der Waals surface area contributed by atoms with Gasteiger partial charge in [-0.15, -0.1) is 0 Å². The molecule has 17 heavy (non-hydrogen) atoms. The summed E-state index contributed by atoms with van der Waals surface area (Å²) in [6, 6.07) is 0. The van der Waals surface area contributed by atoms with Crippen LogP contribution in [0.2, 0.25) is 0 Å². The van der Waals surface area contributed by atoms with Gasteiger partial charge in [-0.3, -0.25) is 9.59 Å². The molecule has 0 fully saturated rings. The zero-order chi connectivity index (χ0) is 13.7. The summed E-state index contributed by atoms with van der Waals surface area (Å²) in [6.45, 7) is 10.9. The lowest BCUT2D eigenvalue weighted by molar-refractivity contribution is -0.137. The van der Waals surface area contributed by atoms with E-state index in [1.54, 1.807) is 0 Å². The third-order valence-corrected chi connectivity index (χ3v) is 3.91. The maximum atomic E-state index is 11.6. The third kappa shape index (κ3) is 6.44. The van der Waals surface area contributed by atoms with Crippen molar-refractivity contribution in [2.24, 2.45) is 10.8 Å². The second-order valence-corrected chi connectivity index (χ2v) is 6.42. The number of aliphatic carboxylic acids is 1. The minimum Gasteiger partial charge on any atom is -0.481 e. The molecule has 0 aromatic rings. The van der Waals surface area contributed by atoms with Crippen molar-refractivity contribution in [3.63, 3.8) is 0 Å². The van der Waals surface area contributed by atoms with E-state index in [-0.39, 0.29) is 23.0 Å². The van der Waals surface area contributed by atoms with Crippen LogP contribution in [0.3, 0.4) is 0 Å². The SMILES string of the molecule is CC(C)(C)C(C)(C)CCC(=O)CCCC(=O)O. The van der Waals surface area contributed by atoms with Gasteiger partial charge >= 0.3 is 5.97 Å². The lowest BCUT2D eigenvalue weighted by Crippen LogP contribution is -2.30. The Hall–Kier alpha value is -0.860. The number of carboxylic acids is 1. The molecule has 100 valence electrons. The molecule has 0 saturated heterocycles. The van der Waals surface area contributed by atoms with Crippen molar-refractivity contribution in [2.75, 3.05) is 0 Å². The molecule has 0 radical (unpaired) electrons. The number of carboxylic acid groups (broad SMARTS) is 1. The predicted molar refractivity (Wildman–Crippen MR) is 69.0 cm³/mol. The first-order valence-corrected chi connectivity index (χ1v) is 6.30. The van der Waals surface area contributed by atoms with Crippen molar-refractivity contribution in [3.8, 4) is 0 Å².